The smallest absolute Gasteiger partial charge is 0.306 e. The summed E-state index contributed by atoms with van der Waals surface area (Å²) in [6, 6.07) is 7.12. The summed E-state index contributed by atoms with van der Waals surface area (Å²) in [7, 11) is 1.20. The van der Waals surface area contributed by atoms with E-state index in [4.69, 9.17) is 4.74 Å². The summed E-state index contributed by atoms with van der Waals surface area (Å²) in [5, 5.41) is 14.8. The molecule has 1 aromatic heterocycles. The van der Waals surface area contributed by atoms with Gasteiger partial charge in [-0.05, 0) is 29.3 Å². The number of hydrogen-bond donors (Lipinski definition) is 3. The molecule has 0 aliphatic rings. The van der Waals surface area contributed by atoms with Crippen LogP contribution in [0.1, 0.15) is 34.7 Å². The Balaban J connectivity index is 2.08. The Hall–Kier alpha value is -3.49. The minimum Gasteiger partial charge on any atom is -0.508 e. The Kier molecular flexibility index (Phi) is 5.76. The van der Waals surface area contributed by atoms with Crippen molar-refractivity contribution in [1.82, 2.24) is 10.2 Å². The third kappa shape index (κ3) is 4.34. The quantitative estimate of drug-likeness (QED) is 0.433. The topological polar surface area (TPSA) is 95.2 Å². The number of carbonyl (C=O) groups is 1. The van der Waals surface area contributed by atoms with Gasteiger partial charge in [0.2, 0.25) is 0 Å². The van der Waals surface area contributed by atoms with Crippen LogP contribution in [-0.4, -0.2) is 28.4 Å². The molecule has 3 N–H and O–H groups in total. The fourth-order valence-corrected chi connectivity index (χ4v) is 3.18. The van der Waals surface area contributed by atoms with E-state index < -0.39 is 34.9 Å². The van der Waals surface area contributed by atoms with E-state index in [1.165, 1.54) is 19.2 Å². The second-order valence-corrected chi connectivity index (χ2v) is 6.43. The highest BCUT2D eigenvalue weighted by Gasteiger charge is 2.27. The van der Waals surface area contributed by atoms with Crippen molar-refractivity contribution < 1.29 is 27.8 Å². The molecule has 3 aromatic rings. The van der Waals surface area contributed by atoms with Crippen molar-refractivity contribution in [2.75, 3.05) is 7.11 Å². The Morgan fingerprint density at radius 2 is 1.83 bits per heavy atom. The molecule has 0 aliphatic carbocycles. The van der Waals surface area contributed by atoms with Gasteiger partial charge in [0.1, 0.15) is 11.6 Å². The fraction of sp³-hybridized carbons (Fsp3) is 0.200. The number of ether oxygens (including phenoxy) is 1. The average molecular weight is 406 g/mol. The minimum absolute atomic E-state index is 0.0717. The number of esters is 1. The number of rotatable bonds is 6. The van der Waals surface area contributed by atoms with Crippen LogP contribution >= 0.6 is 0 Å². The van der Waals surface area contributed by atoms with Gasteiger partial charge in [-0.25, -0.2) is 13.2 Å². The molecule has 9 heteroatoms. The Morgan fingerprint density at radius 1 is 1.10 bits per heavy atom. The number of hydrogen-bond acceptors (Lipinski definition) is 4. The van der Waals surface area contributed by atoms with Crippen LogP contribution < -0.4 is 5.56 Å². The predicted octanol–water partition coefficient (Wildman–Crippen LogP) is 3.11. The number of halogens is 3. The van der Waals surface area contributed by atoms with E-state index in [1.807, 2.05) is 0 Å². The number of aromatic amines is 2. The third-order valence-corrected chi connectivity index (χ3v) is 4.57. The summed E-state index contributed by atoms with van der Waals surface area (Å²) in [5.41, 5.74) is 0.00293. The maximum Gasteiger partial charge on any atom is 0.306 e. The number of aromatic nitrogens is 2. The molecule has 0 bridgehead atoms. The van der Waals surface area contributed by atoms with Crippen molar-refractivity contribution in [2.24, 2.45) is 0 Å². The highest BCUT2D eigenvalue weighted by Crippen LogP contribution is 2.31. The van der Waals surface area contributed by atoms with Crippen LogP contribution in [0.2, 0.25) is 0 Å². The first-order chi connectivity index (χ1) is 13.8. The molecule has 0 amide bonds. The van der Waals surface area contributed by atoms with Gasteiger partial charge in [-0.3, -0.25) is 14.7 Å². The van der Waals surface area contributed by atoms with Crippen molar-refractivity contribution in [3.63, 3.8) is 0 Å². The summed E-state index contributed by atoms with van der Waals surface area (Å²) in [5.74, 6) is -5.02. The zero-order valence-corrected chi connectivity index (χ0v) is 15.3. The molecule has 0 spiro atoms. The first-order valence-corrected chi connectivity index (χ1v) is 8.58. The highest BCUT2D eigenvalue weighted by molar-refractivity contribution is 5.71. The number of aromatic hydroxyl groups is 1. The minimum atomic E-state index is -1.32. The van der Waals surface area contributed by atoms with Gasteiger partial charge in [0.05, 0.1) is 13.5 Å². The normalized spacial score (nSPS) is 12.0. The first kappa shape index (κ1) is 20.2. The van der Waals surface area contributed by atoms with Crippen molar-refractivity contribution in [3.8, 4) is 5.75 Å². The van der Waals surface area contributed by atoms with E-state index in [0.717, 1.165) is 0 Å². The average Bonchev–Trinajstić information content (AvgIpc) is 3.04. The predicted molar refractivity (Wildman–Crippen MR) is 97.1 cm³/mol. The monoisotopic (exact) mass is 406 g/mol. The molecule has 152 valence electrons. The maximum absolute atomic E-state index is 14.1. The van der Waals surface area contributed by atoms with Crippen molar-refractivity contribution >= 4 is 5.97 Å². The van der Waals surface area contributed by atoms with Crippen LogP contribution in [0.15, 0.2) is 41.2 Å². The number of nitrogens with one attached hydrogen (secondary N) is 2. The first-order valence-electron chi connectivity index (χ1n) is 8.58. The summed E-state index contributed by atoms with van der Waals surface area (Å²) in [4.78, 5) is 24.4. The summed E-state index contributed by atoms with van der Waals surface area (Å²) in [6.07, 6.45) is -0.484. The molecular formula is C20H17F3N2O4. The summed E-state index contributed by atoms with van der Waals surface area (Å²) < 4.78 is 45.5. The van der Waals surface area contributed by atoms with Gasteiger partial charge in [0, 0.05) is 29.7 Å². The zero-order valence-electron chi connectivity index (χ0n) is 15.3. The Bertz CT molecular complexity index is 1110. The van der Waals surface area contributed by atoms with Crippen LogP contribution in [0.4, 0.5) is 13.2 Å². The molecule has 0 aliphatic heterocycles. The van der Waals surface area contributed by atoms with E-state index in [-0.39, 0.29) is 35.4 Å². The Morgan fingerprint density at radius 3 is 2.52 bits per heavy atom. The second kappa shape index (κ2) is 8.26. The fourth-order valence-electron chi connectivity index (χ4n) is 3.18. The van der Waals surface area contributed by atoms with E-state index >= 15 is 0 Å². The lowest BCUT2D eigenvalue weighted by molar-refractivity contribution is -0.140. The van der Waals surface area contributed by atoms with Crippen LogP contribution in [-0.2, 0) is 16.0 Å². The molecular weight excluding hydrogens is 389 g/mol. The molecule has 0 radical (unpaired) electrons. The lowest BCUT2D eigenvalue weighted by Gasteiger charge is -2.17. The van der Waals surface area contributed by atoms with Crippen molar-refractivity contribution in [1.29, 1.82) is 0 Å². The van der Waals surface area contributed by atoms with Crippen LogP contribution in [0.5, 0.6) is 5.75 Å². The lowest BCUT2D eigenvalue weighted by Crippen LogP contribution is -2.18. The van der Waals surface area contributed by atoms with Gasteiger partial charge in [0.25, 0.3) is 5.56 Å². The number of benzene rings is 2. The van der Waals surface area contributed by atoms with Crippen LogP contribution in [0, 0.1) is 17.5 Å². The van der Waals surface area contributed by atoms with Gasteiger partial charge in [-0.15, -0.1) is 0 Å². The largest absolute Gasteiger partial charge is 0.508 e. The van der Waals surface area contributed by atoms with Gasteiger partial charge >= 0.3 is 5.97 Å². The number of phenolic OH excluding ortho intramolecular Hbond substituents is 1. The lowest BCUT2D eigenvalue weighted by atomic mass is 9.87. The van der Waals surface area contributed by atoms with Gasteiger partial charge in [-0.1, -0.05) is 12.1 Å². The van der Waals surface area contributed by atoms with Gasteiger partial charge in [0.15, 0.2) is 11.6 Å². The van der Waals surface area contributed by atoms with E-state index in [1.54, 1.807) is 12.1 Å². The summed E-state index contributed by atoms with van der Waals surface area (Å²) in [6.45, 7) is 0. The molecule has 0 unspecified atom stereocenters. The molecule has 0 saturated carbocycles. The molecule has 0 fully saturated rings. The van der Waals surface area contributed by atoms with E-state index in [2.05, 4.69) is 10.2 Å². The molecule has 2 aromatic carbocycles. The number of carbonyl (C=O) groups excluding carboxylic acids is 1. The van der Waals surface area contributed by atoms with Gasteiger partial charge < -0.3 is 14.9 Å². The molecule has 0 saturated heterocycles. The SMILES string of the molecule is COC(=O)C[C@H](c1cccc(O)c1)c1c(Cc2cc(F)c(F)cc2F)[nH][nH]c1=O. The van der Waals surface area contributed by atoms with Crippen LogP contribution in [0.25, 0.3) is 0 Å². The molecule has 29 heavy (non-hydrogen) atoms. The summed E-state index contributed by atoms with van der Waals surface area (Å²) >= 11 is 0. The number of H-pyrrole nitrogens is 2. The Labute approximate surface area is 162 Å². The zero-order chi connectivity index (χ0) is 21.1. The molecule has 1 atom stereocenters. The second-order valence-electron chi connectivity index (χ2n) is 6.43. The van der Waals surface area contributed by atoms with Crippen LogP contribution in [0.3, 0.4) is 0 Å². The highest BCUT2D eigenvalue weighted by atomic mass is 19.2. The standard InChI is InChI=1S/C20H17F3N2O4/c1-29-18(27)8-13(10-3-2-4-12(26)5-10)19-17(24-25-20(19)28)7-11-6-15(22)16(23)9-14(11)21/h2-6,9,13,26H,7-8H2,1H3,(H2,24,25,28)/t13-/m1/s1. The number of phenols is 1. The third-order valence-electron chi connectivity index (χ3n) is 4.57. The molecule has 3 rings (SSSR count). The van der Waals surface area contributed by atoms with E-state index in [9.17, 15) is 27.9 Å². The molecule has 1 heterocycles. The molecule has 6 nitrogen and oxygen atoms in total. The van der Waals surface area contributed by atoms with Crippen molar-refractivity contribution in [2.45, 2.75) is 18.8 Å². The maximum atomic E-state index is 14.1. The van der Waals surface area contributed by atoms with Crippen molar-refractivity contribution in [3.05, 3.63) is 86.6 Å². The number of methoxy groups -OCH3 is 1. The van der Waals surface area contributed by atoms with E-state index in [0.29, 0.717) is 17.7 Å². The van der Waals surface area contributed by atoms with Gasteiger partial charge in [-0.2, -0.15) is 0 Å².